The van der Waals surface area contributed by atoms with Crippen LogP contribution in [-0.2, 0) is 4.79 Å². The van der Waals surface area contributed by atoms with Gasteiger partial charge in [0.1, 0.15) is 0 Å². The molecule has 86 valence electrons. The quantitative estimate of drug-likeness (QED) is 0.732. The minimum absolute atomic E-state index is 0.0522. The van der Waals surface area contributed by atoms with Gasteiger partial charge in [0.2, 0.25) is 0 Å². The van der Waals surface area contributed by atoms with Crippen LogP contribution < -0.4 is 5.32 Å². The van der Waals surface area contributed by atoms with Crippen LogP contribution >= 0.6 is 0 Å². The summed E-state index contributed by atoms with van der Waals surface area (Å²) in [5.41, 5.74) is 2.58. The molecular weight excluding hydrogens is 206 g/mol. The summed E-state index contributed by atoms with van der Waals surface area (Å²) in [7, 11) is 0. The number of nitrogens with one attached hydrogen (secondary N) is 1. The first kappa shape index (κ1) is 12.4. The normalized spacial score (nSPS) is 10.1. The van der Waals surface area contributed by atoms with Crippen LogP contribution in [0.15, 0.2) is 18.2 Å². The smallest absolute Gasteiger partial charge is 0.317 e. The zero-order valence-electron chi connectivity index (χ0n) is 9.41. The van der Waals surface area contributed by atoms with Crippen molar-refractivity contribution in [2.45, 2.75) is 13.8 Å². The molecule has 4 nitrogen and oxygen atoms in total. The van der Waals surface area contributed by atoms with Crippen molar-refractivity contribution < 1.29 is 14.7 Å². The highest BCUT2D eigenvalue weighted by Crippen LogP contribution is 2.10. The predicted octanol–water partition coefficient (Wildman–Crippen LogP) is 1.16. The van der Waals surface area contributed by atoms with E-state index < -0.39 is 5.97 Å². The molecule has 0 unspecified atom stereocenters. The van der Waals surface area contributed by atoms with Gasteiger partial charge >= 0.3 is 5.97 Å². The molecule has 0 aliphatic heterocycles. The Morgan fingerprint density at radius 1 is 1.25 bits per heavy atom. The molecule has 1 rings (SSSR count). The molecule has 1 aromatic carbocycles. The average molecular weight is 221 g/mol. The van der Waals surface area contributed by atoms with Gasteiger partial charge in [0, 0.05) is 5.56 Å². The molecule has 0 bridgehead atoms. The number of carboxylic acid groups (broad SMARTS) is 1. The van der Waals surface area contributed by atoms with E-state index in [9.17, 15) is 9.59 Å². The third-order valence-corrected chi connectivity index (χ3v) is 2.26. The van der Waals surface area contributed by atoms with E-state index in [1.54, 1.807) is 0 Å². The average Bonchev–Trinajstić information content (AvgIpc) is 2.21. The van der Waals surface area contributed by atoms with Crippen molar-refractivity contribution in [1.29, 1.82) is 0 Å². The van der Waals surface area contributed by atoms with Crippen LogP contribution in [0.3, 0.4) is 0 Å². The van der Waals surface area contributed by atoms with Crippen molar-refractivity contribution in [2.75, 3.05) is 13.1 Å². The standard InChI is InChI=1S/C12H15NO3/c1-8-3-4-9(2)10(5-8)11(14)6-13-7-12(15)16/h3-5,13H,6-7H2,1-2H3,(H,15,16). The van der Waals surface area contributed by atoms with E-state index in [2.05, 4.69) is 5.32 Å². The number of carboxylic acids is 1. The number of hydrogen-bond donors (Lipinski definition) is 2. The fourth-order valence-electron chi connectivity index (χ4n) is 1.41. The summed E-state index contributed by atoms with van der Waals surface area (Å²) in [6.07, 6.45) is 0. The Hall–Kier alpha value is -1.68. The molecule has 4 heteroatoms. The Labute approximate surface area is 94.3 Å². The molecule has 0 atom stereocenters. The van der Waals surface area contributed by atoms with Crippen molar-refractivity contribution >= 4 is 11.8 Å². The van der Waals surface area contributed by atoms with Crippen molar-refractivity contribution in [1.82, 2.24) is 5.32 Å². The highest BCUT2D eigenvalue weighted by atomic mass is 16.4. The maximum absolute atomic E-state index is 11.7. The summed E-state index contributed by atoms with van der Waals surface area (Å²) < 4.78 is 0. The van der Waals surface area contributed by atoms with Crippen LogP contribution in [-0.4, -0.2) is 29.9 Å². The number of benzene rings is 1. The molecule has 0 aromatic heterocycles. The highest BCUT2D eigenvalue weighted by Gasteiger charge is 2.09. The fourth-order valence-corrected chi connectivity index (χ4v) is 1.41. The third kappa shape index (κ3) is 3.47. The lowest BCUT2D eigenvalue weighted by molar-refractivity contribution is -0.135. The van der Waals surface area contributed by atoms with Gasteiger partial charge in [0.15, 0.2) is 5.78 Å². The van der Waals surface area contributed by atoms with Gasteiger partial charge in [-0.1, -0.05) is 17.7 Å². The van der Waals surface area contributed by atoms with Gasteiger partial charge in [-0.25, -0.2) is 0 Å². The van der Waals surface area contributed by atoms with Crippen molar-refractivity contribution in [2.24, 2.45) is 0 Å². The van der Waals surface area contributed by atoms with E-state index in [1.165, 1.54) is 0 Å². The van der Waals surface area contributed by atoms with Gasteiger partial charge in [0.25, 0.3) is 0 Å². The monoisotopic (exact) mass is 221 g/mol. The molecule has 2 N–H and O–H groups in total. The number of carbonyl (C=O) groups is 2. The maximum atomic E-state index is 11.7. The summed E-state index contributed by atoms with van der Waals surface area (Å²) in [5, 5.41) is 11.0. The van der Waals surface area contributed by atoms with Crippen LogP contribution in [0.1, 0.15) is 21.5 Å². The number of carbonyl (C=O) groups excluding carboxylic acids is 1. The molecule has 0 saturated carbocycles. The summed E-state index contributed by atoms with van der Waals surface area (Å²) >= 11 is 0. The number of ketones is 1. The number of aliphatic carboxylic acids is 1. The maximum Gasteiger partial charge on any atom is 0.317 e. The third-order valence-electron chi connectivity index (χ3n) is 2.26. The Morgan fingerprint density at radius 3 is 2.56 bits per heavy atom. The van der Waals surface area contributed by atoms with Crippen LogP contribution in [0.25, 0.3) is 0 Å². The Bertz CT molecular complexity index is 413. The van der Waals surface area contributed by atoms with Gasteiger partial charge in [0.05, 0.1) is 13.1 Å². The molecule has 0 fully saturated rings. The summed E-state index contributed by atoms with van der Waals surface area (Å²) in [6.45, 7) is 3.64. The number of hydrogen-bond acceptors (Lipinski definition) is 3. The van der Waals surface area contributed by atoms with Crippen molar-refractivity contribution in [3.8, 4) is 0 Å². The van der Waals surface area contributed by atoms with Gasteiger partial charge < -0.3 is 5.11 Å². The number of aryl methyl sites for hydroxylation is 2. The molecule has 0 spiro atoms. The van der Waals surface area contributed by atoms with E-state index in [0.29, 0.717) is 5.56 Å². The second kappa shape index (κ2) is 5.42. The Kier molecular flexibility index (Phi) is 4.19. The summed E-state index contributed by atoms with van der Waals surface area (Å²) in [5.74, 6) is -1.05. The number of Topliss-reactive ketones (excluding diaryl/α,β-unsaturated/α-hetero) is 1. The fraction of sp³-hybridized carbons (Fsp3) is 0.333. The second-order valence-electron chi connectivity index (χ2n) is 3.74. The molecule has 0 aliphatic rings. The first-order chi connectivity index (χ1) is 7.50. The van der Waals surface area contributed by atoms with E-state index in [1.807, 2.05) is 32.0 Å². The minimum atomic E-state index is -0.964. The minimum Gasteiger partial charge on any atom is -0.480 e. The molecule has 16 heavy (non-hydrogen) atoms. The van der Waals surface area contributed by atoms with Gasteiger partial charge in [-0.3, -0.25) is 14.9 Å². The predicted molar refractivity (Wildman–Crippen MR) is 60.8 cm³/mol. The van der Waals surface area contributed by atoms with Gasteiger partial charge in [-0.05, 0) is 25.5 Å². The molecule has 0 radical (unpaired) electrons. The molecule has 0 aliphatic carbocycles. The summed E-state index contributed by atoms with van der Waals surface area (Å²) in [4.78, 5) is 22.0. The van der Waals surface area contributed by atoms with Crippen LogP contribution in [0, 0.1) is 13.8 Å². The molecule has 0 saturated heterocycles. The lowest BCUT2D eigenvalue weighted by atomic mass is 10.0. The van der Waals surface area contributed by atoms with E-state index in [0.717, 1.165) is 11.1 Å². The molecule has 0 heterocycles. The van der Waals surface area contributed by atoms with E-state index >= 15 is 0 Å². The van der Waals surface area contributed by atoms with E-state index in [-0.39, 0.29) is 18.9 Å². The van der Waals surface area contributed by atoms with Crippen molar-refractivity contribution in [3.05, 3.63) is 34.9 Å². The first-order valence-electron chi connectivity index (χ1n) is 5.03. The Balaban J connectivity index is 2.65. The van der Waals surface area contributed by atoms with E-state index in [4.69, 9.17) is 5.11 Å². The second-order valence-corrected chi connectivity index (χ2v) is 3.74. The van der Waals surface area contributed by atoms with Crippen LogP contribution in [0.4, 0.5) is 0 Å². The molecular formula is C12H15NO3. The number of rotatable bonds is 5. The molecule has 0 amide bonds. The van der Waals surface area contributed by atoms with Crippen molar-refractivity contribution in [3.63, 3.8) is 0 Å². The highest BCUT2D eigenvalue weighted by molar-refractivity contribution is 5.99. The van der Waals surface area contributed by atoms with Gasteiger partial charge in [-0.2, -0.15) is 0 Å². The first-order valence-corrected chi connectivity index (χ1v) is 5.03. The topological polar surface area (TPSA) is 66.4 Å². The van der Waals surface area contributed by atoms with Gasteiger partial charge in [-0.15, -0.1) is 0 Å². The lowest BCUT2D eigenvalue weighted by Crippen LogP contribution is -2.28. The zero-order chi connectivity index (χ0) is 12.1. The summed E-state index contributed by atoms with van der Waals surface area (Å²) in [6, 6.07) is 5.65. The SMILES string of the molecule is Cc1ccc(C)c(C(=O)CNCC(=O)O)c1. The largest absolute Gasteiger partial charge is 0.480 e. The molecule has 1 aromatic rings. The van der Waals surface area contributed by atoms with Crippen LogP contribution in [0.2, 0.25) is 0 Å². The lowest BCUT2D eigenvalue weighted by Gasteiger charge is -2.06. The zero-order valence-corrected chi connectivity index (χ0v) is 9.41. The Morgan fingerprint density at radius 2 is 1.94 bits per heavy atom. The van der Waals surface area contributed by atoms with Crippen LogP contribution in [0.5, 0.6) is 0 Å².